The number of carbonyl (C=O) groups is 1. The summed E-state index contributed by atoms with van der Waals surface area (Å²) in [7, 11) is -4.32. The first kappa shape index (κ1) is 31.2. The lowest BCUT2D eigenvalue weighted by molar-refractivity contribution is -0.138. The summed E-state index contributed by atoms with van der Waals surface area (Å²) in [5, 5.41) is 9.09. The predicted molar refractivity (Wildman–Crippen MR) is 152 cm³/mol. The first-order valence-corrected chi connectivity index (χ1v) is 14.7. The smallest absolute Gasteiger partial charge is 0.417 e. The summed E-state index contributed by atoms with van der Waals surface area (Å²) in [6.07, 6.45) is -2.69. The third-order valence-corrected chi connectivity index (χ3v) is 8.58. The Morgan fingerprint density at radius 2 is 2.00 bits per heavy atom. The zero-order chi connectivity index (χ0) is 30.8. The Morgan fingerprint density at radius 1 is 1.26 bits per heavy atom. The topological polar surface area (TPSA) is 106 Å². The van der Waals surface area contributed by atoms with E-state index in [1.807, 2.05) is 0 Å². The summed E-state index contributed by atoms with van der Waals surface area (Å²) in [5.41, 5.74) is 0.207. The molecule has 1 N–H and O–H groups in total. The van der Waals surface area contributed by atoms with Crippen molar-refractivity contribution in [2.75, 3.05) is 17.5 Å². The Bertz CT molecular complexity index is 1640. The molecule has 0 saturated carbocycles. The van der Waals surface area contributed by atoms with Crippen LogP contribution in [-0.2, 0) is 21.0 Å². The molecule has 224 valence electrons. The second-order valence-electron chi connectivity index (χ2n) is 9.67. The second-order valence-corrected chi connectivity index (χ2v) is 11.9. The molecule has 1 aliphatic heterocycles. The van der Waals surface area contributed by atoms with Gasteiger partial charge in [0.15, 0.2) is 0 Å². The van der Waals surface area contributed by atoms with Crippen molar-refractivity contribution >= 4 is 44.9 Å². The summed E-state index contributed by atoms with van der Waals surface area (Å²) >= 11 is 6.18. The van der Waals surface area contributed by atoms with Crippen molar-refractivity contribution in [3.05, 3.63) is 75.9 Å². The highest BCUT2D eigenvalue weighted by Gasteiger charge is 2.37. The maximum absolute atomic E-state index is 14.1. The van der Waals surface area contributed by atoms with Crippen LogP contribution in [0.5, 0.6) is 11.6 Å². The highest BCUT2D eigenvalue weighted by atomic mass is 35.5. The second kappa shape index (κ2) is 12.2. The van der Waals surface area contributed by atoms with Gasteiger partial charge in [0.05, 0.1) is 24.4 Å². The standard InChI is InChI=1S/C29H28ClF3N2O6S/c1-4-40-28-25(12-17(2)15-34-28)42(38,39)35-16-20(9-11-26(36)37)41-24-10-8-19(14-23(24)35)13-18(3)27-21(29(31,32)33)6-5-7-22(27)30/h5-8,10,12-15,20H,4,9,11,16H2,1-3H3,(H,36,37)/b18-13+/t20-/m0/s1. The van der Waals surface area contributed by atoms with Crippen molar-refractivity contribution in [3.8, 4) is 11.6 Å². The van der Waals surface area contributed by atoms with E-state index < -0.39 is 33.8 Å². The lowest BCUT2D eigenvalue weighted by atomic mass is 9.98. The molecule has 1 aliphatic rings. The van der Waals surface area contributed by atoms with Crippen LogP contribution < -0.4 is 13.8 Å². The van der Waals surface area contributed by atoms with E-state index >= 15 is 0 Å². The number of ether oxygens (including phenoxy) is 2. The number of allylic oxidation sites excluding steroid dienone is 1. The number of sulfonamides is 1. The molecule has 4 rings (SSSR count). The first-order chi connectivity index (χ1) is 19.7. The lowest BCUT2D eigenvalue weighted by Gasteiger charge is -2.35. The van der Waals surface area contributed by atoms with Crippen LogP contribution in [0.3, 0.4) is 0 Å². The maximum atomic E-state index is 14.1. The average molecular weight is 625 g/mol. The number of pyridine rings is 1. The number of aryl methyl sites for hydroxylation is 1. The van der Waals surface area contributed by atoms with E-state index in [-0.39, 0.29) is 64.4 Å². The van der Waals surface area contributed by atoms with Gasteiger partial charge in [0, 0.05) is 23.2 Å². The van der Waals surface area contributed by atoms with Gasteiger partial charge in [0.25, 0.3) is 10.0 Å². The minimum absolute atomic E-state index is 0.0403. The number of hydrogen-bond donors (Lipinski definition) is 1. The third kappa shape index (κ3) is 6.65. The number of alkyl halides is 3. The van der Waals surface area contributed by atoms with E-state index in [2.05, 4.69) is 4.98 Å². The molecule has 0 fully saturated rings. The van der Waals surface area contributed by atoms with Gasteiger partial charge in [-0.15, -0.1) is 0 Å². The highest BCUT2D eigenvalue weighted by Crippen LogP contribution is 2.42. The predicted octanol–water partition coefficient (Wildman–Crippen LogP) is 6.84. The first-order valence-electron chi connectivity index (χ1n) is 12.9. The normalized spacial score (nSPS) is 15.6. The highest BCUT2D eigenvalue weighted by molar-refractivity contribution is 7.93. The van der Waals surface area contributed by atoms with E-state index in [0.717, 1.165) is 10.4 Å². The SMILES string of the molecule is CCOc1ncc(C)cc1S(=O)(=O)N1C[C@H](CCC(=O)O)Oc2ccc(/C=C(\C)c3c(Cl)cccc3C(F)(F)F)cc21. The van der Waals surface area contributed by atoms with Gasteiger partial charge in [-0.05, 0) is 74.2 Å². The number of rotatable bonds is 9. The van der Waals surface area contributed by atoms with E-state index in [1.54, 1.807) is 19.9 Å². The zero-order valence-corrected chi connectivity index (χ0v) is 24.5. The van der Waals surface area contributed by atoms with Gasteiger partial charge in [-0.2, -0.15) is 13.2 Å². The number of halogens is 4. The number of aliphatic carboxylic acids is 1. The molecule has 2 aromatic carbocycles. The Morgan fingerprint density at radius 3 is 2.67 bits per heavy atom. The summed E-state index contributed by atoms with van der Waals surface area (Å²) in [6.45, 7) is 4.80. The number of anilines is 1. The molecule has 1 aromatic heterocycles. The molecular formula is C29H28ClF3N2O6S. The molecule has 3 aromatic rings. The Kier molecular flexibility index (Phi) is 9.07. The quantitative estimate of drug-likeness (QED) is 0.260. The van der Waals surface area contributed by atoms with Gasteiger partial charge in [0.2, 0.25) is 5.88 Å². The fraction of sp³-hybridized carbons (Fsp3) is 0.310. The molecule has 13 heteroatoms. The van der Waals surface area contributed by atoms with Crippen LogP contribution in [0.2, 0.25) is 5.02 Å². The number of benzene rings is 2. The lowest BCUT2D eigenvalue weighted by Crippen LogP contribution is -2.44. The molecule has 42 heavy (non-hydrogen) atoms. The van der Waals surface area contributed by atoms with Crippen molar-refractivity contribution in [1.82, 2.24) is 4.98 Å². The van der Waals surface area contributed by atoms with E-state index in [0.29, 0.717) is 11.1 Å². The van der Waals surface area contributed by atoms with Crippen molar-refractivity contribution in [2.45, 2.75) is 50.8 Å². The molecule has 1 atom stereocenters. The van der Waals surface area contributed by atoms with E-state index in [4.69, 9.17) is 21.1 Å². The van der Waals surface area contributed by atoms with Crippen LogP contribution in [0.4, 0.5) is 18.9 Å². The number of nitrogens with zero attached hydrogens (tertiary/aromatic N) is 2. The van der Waals surface area contributed by atoms with Gasteiger partial charge in [0.1, 0.15) is 16.7 Å². The molecule has 0 spiro atoms. The average Bonchev–Trinajstić information content (AvgIpc) is 2.91. The van der Waals surface area contributed by atoms with Crippen LogP contribution in [0.25, 0.3) is 11.6 Å². The van der Waals surface area contributed by atoms with Gasteiger partial charge < -0.3 is 14.6 Å². The minimum atomic E-state index is -4.64. The molecular weight excluding hydrogens is 597 g/mol. The summed E-state index contributed by atoms with van der Waals surface area (Å²) in [6, 6.07) is 9.50. The number of aromatic nitrogens is 1. The Balaban J connectivity index is 1.84. The number of hydrogen-bond acceptors (Lipinski definition) is 6. The zero-order valence-electron chi connectivity index (χ0n) is 22.9. The molecule has 0 saturated heterocycles. The molecule has 2 heterocycles. The molecule has 0 bridgehead atoms. The van der Waals surface area contributed by atoms with Crippen molar-refractivity contribution in [1.29, 1.82) is 0 Å². The van der Waals surface area contributed by atoms with E-state index in [1.165, 1.54) is 49.5 Å². The van der Waals surface area contributed by atoms with Gasteiger partial charge >= 0.3 is 12.1 Å². The number of fused-ring (bicyclic) bond motifs is 1. The van der Waals surface area contributed by atoms with Crippen LogP contribution >= 0.6 is 11.6 Å². The molecule has 0 radical (unpaired) electrons. The fourth-order valence-electron chi connectivity index (χ4n) is 4.64. The van der Waals surface area contributed by atoms with Crippen LogP contribution in [0.1, 0.15) is 48.9 Å². The minimum Gasteiger partial charge on any atom is -0.486 e. The molecule has 0 amide bonds. The van der Waals surface area contributed by atoms with Gasteiger partial charge in [-0.25, -0.2) is 13.4 Å². The van der Waals surface area contributed by atoms with E-state index in [9.17, 15) is 31.5 Å². The molecule has 0 unspecified atom stereocenters. The third-order valence-electron chi connectivity index (χ3n) is 6.50. The number of carboxylic acid groups (broad SMARTS) is 1. The van der Waals surface area contributed by atoms with Crippen LogP contribution in [0, 0.1) is 6.92 Å². The fourth-order valence-corrected chi connectivity index (χ4v) is 6.64. The monoisotopic (exact) mass is 624 g/mol. The van der Waals surface area contributed by atoms with Gasteiger partial charge in [-0.1, -0.05) is 29.8 Å². The summed E-state index contributed by atoms with van der Waals surface area (Å²) in [4.78, 5) is 15.2. The van der Waals surface area contributed by atoms with Crippen LogP contribution in [-0.4, -0.2) is 43.7 Å². The van der Waals surface area contributed by atoms with Crippen LogP contribution in [0.15, 0.2) is 53.6 Å². The van der Waals surface area contributed by atoms with Crippen molar-refractivity contribution < 1.29 is 41.0 Å². The largest absolute Gasteiger partial charge is 0.486 e. The summed E-state index contributed by atoms with van der Waals surface area (Å²) in [5.74, 6) is -0.986. The van der Waals surface area contributed by atoms with Crippen molar-refractivity contribution in [3.63, 3.8) is 0 Å². The van der Waals surface area contributed by atoms with Crippen molar-refractivity contribution in [2.24, 2.45) is 0 Å². The number of carboxylic acids is 1. The maximum Gasteiger partial charge on any atom is 0.417 e. The molecule has 8 nitrogen and oxygen atoms in total. The Labute approximate surface area is 246 Å². The summed E-state index contributed by atoms with van der Waals surface area (Å²) < 4.78 is 82.0. The van der Waals surface area contributed by atoms with Gasteiger partial charge in [-0.3, -0.25) is 9.10 Å². The molecule has 0 aliphatic carbocycles. The Hall–Kier alpha value is -3.77.